The Morgan fingerprint density at radius 3 is 2.75 bits per heavy atom. The van der Waals surface area contributed by atoms with E-state index in [1.165, 1.54) is 0 Å². The number of oxime groups is 1. The molecule has 1 aromatic carbocycles. The molecule has 6 nitrogen and oxygen atoms in total. The molecule has 0 bridgehead atoms. The summed E-state index contributed by atoms with van der Waals surface area (Å²) in [6, 6.07) is 6.85. The minimum atomic E-state index is -0.162. The van der Waals surface area contributed by atoms with Crippen LogP contribution in [0.5, 0.6) is 0 Å². The molecule has 108 valence electrons. The number of carbonyl (C=O) groups excluding carboxylic acids is 1. The quantitative estimate of drug-likeness (QED) is 0.338. The highest BCUT2D eigenvalue weighted by Gasteiger charge is 2.25. The fourth-order valence-electron chi connectivity index (χ4n) is 2.23. The topological polar surface area (TPSA) is 91.0 Å². The highest BCUT2D eigenvalue weighted by molar-refractivity contribution is 6.30. The molecule has 0 spiro atoms. The van der Waals surface area contributed by atoms with Crippen LogP contribution in [0.3, 0.4) is 0 Å². The van der Waals surface area contributed by atoms with Crippen molar-refractivity contribution < 1.29 is 10.0 Å². The van der Waals surface area contributed by atoms with Gasteiger partial charge in [-0.2, -0.15) is 0 Å². The number of nitrogens with zero attached hydrogens (tertiary/aromatic N) is 2. The first-order valence-corrected chi connectivity index (χ1v) is 6.77. The van der Waals surface area contributed by atoms with Gasteiger partial charge in [0.1, 0.15) is 5.84 Å². The number of hydrogen-bond donors (Lipinski definition) is 3. The fraction of sp³-hybridized carbons (Fsp3) is 0.385. The summed E-state index contributed by atoms with van der Waals surface area (Å²) in [4.78, 5) is 13.8. The van der Waals surface area contributed by atoms with Gasteiger partial charge in [0.15, 0.2) is 0 Å². The second-order valence-corrected chi connectivity index (χ2v) is 5.16. The molecular formula is C13H17ClN4O2. The second kappa shape index (κ2) is 6.47. The monoisotopic (exact) mass is 296 g/mol. The molecular weight excluding hydrogens is 280 g/mol. The third kappa shape index (κ3) is 3.54. The lowest BCUT2D eigenvalue weighted by atomic mass is 9.96. The van der Waals surface area contributed by atoms with Gasteiger partial charge in [-0.25, -0.2) is 4.79 Å². The van der Waals surface area contributed by atoms with Gasteiger partial charge in [0, 0.05) is 29.7 Å². The van der Waals surface area contributed by atoms with E-state index in [0.717, 1.165) is 0 Å². The highest BCUT2D eigenvalue weighted by atomic mass is 35.5. The SMILES string of the molecule is NC(=NO)C1CCN(C(=O)Nc2cccc(Cl)c2)CC1. The summed E-state index contributed by atoms with van der Waals surface area (Å²) < 4.78 is 0. The lowest BCUT2D eigenvalue weighted by Gasteiger charge is -2.31. The number of urea groups is 1. The first-order chi connectivity index (χ1) is 9.60. The molecule has 1 fully saturated rings. The number of rotatable bonds is 2. The van der Waals surface area contributed by atoms with E-state index in [9.17, 15) is 4.79 Å². The Morgan fingerprint density at radius 1 is 1.45 bits per heavy atom. The molecule has 1 aromatic rings. The number of carbonyl (C=O) groups is 1. The van der Waals surface area contributed by atoms with Crippen molar-refractivity contribution in [3.8, 4) is 0 Å². The first kappa shape index (κ1) is 14.5. The Hall–Kier alpha value is -1.95. The van der Waals surface area contributed by atoms with E-state index in [0.29, 0.717) is 36.6 Å². The van der Waals surface area contributed by atoms with Crippen LogP contribution in [0.25, 0.3) is 0 Å². The molecule has 0 unspecified atom stereocenters. The number of amidine groups is 1. The largest absolute Gasteiger partial charge is 0.409 e. The van der Waals surface area contributed by atoms with Crippen LogP contribution >= 0.6 is 11.6 Å². The average Bonchev–Trinajstić information content (AvgIpc) is 2.46. The molecule has 1 aliphatic heterocycles. The number of halogens is 1. The van der Waals surface area contributed by atoms with Crippen molar-refractivity contribution in [3.05, 3.63) is 29.3 Å². The fourth-order valence-corrected chi connectivity index (χ4v) is 2.42. The maximum Gasteiger partial charge on any atom is 0.321 e. The van der Waals surface area contributed by atoms with Crippen molar-refractivity contribution >= 4 is 29.2 Å². The van der Waals surface area contributed by atoms with Gasteiger partial charge in [-0.1, -0.05) is 22.8 Å². The number of anilines is 1. The zero-order valence-corrected chi connectivity index (χ0v) is 11.7. The van der Waals surface area contributed by atoms with E-state index in [1.54, 1.807) is 29.2 Å². The number of likely N-dealkylation sites (tertiary alicyclic amines) is 1. The van der Waals surface area contributed by atoms with Gasteiger partial charge in [-0.05, 0) is 31.0 Å². The van der Waals surface area contributed by atoms with Crippen molar-refractivity contribution in [1.82, 2.24) is 4.90 Å². The maximum absolute atomic E-state index is 12.1. The summed E-state index contributed by atoms with van der Waals surface area (Å²) in [5, 5.41) is 15.0. The third-order valence-electron chi connectivity index (χ3n) is 3.39. The van der Waals surface area contributed by atoms with E-state index in [-0.39, 0.29) is 17.8 Å². The Balaban J connectivity index is 1.89. The number of benzene rings is 1. The predicted octanol–water partition coefficient (Wildman–Crippen LogP) is 2.33. The van der Waals surface area contributed by atoms with Gasteiger partial charge in [0.05, 0.1) is 0 Å². The van der Waals surface area contributed by atoms with Crippen LogP contribution in [0.2, 0.25) is 5.02 Å². The normalized spacial score (nSPS) is 17.1. The Labute approximate surface area is 122 Å². The highest BCUT2D eigenvalue weighted by Crippen LogP contribution is 2.19. The summed E-state index contributed by atoms with van der Waals surface area (Å²) in [6.07, 6.45) is 1.39. The molecule has 2 rings (SSSR count). The van der Waals surface area contributed by atoms with E-state index in [4.69, 9.17) is 22.5 Å². The van der Waals surface area contributed by atoms with Crippen molar-refractivity contribution in [2.45, 2.75) is 12.8 Å². The van der Waals surface area contributed by atoms with E-state index in [1.807, 2.05) is 0 Å². The van der Waals surface area contributed by atoms with Gasteiger partial charge in [0.25, 0.3) is 0 Å². The average molecular weight is 297 g/mol. The van der Waals surface area contributed by atoms with E-state index >= 15 is 0 Å². The lowest BCUT2D eigenvalue weighted by molar-refractivity contribution is 0.192. The Kier molecular flexibility index (Phi) is 4.68. The second-order valence-electron chi connectivity index (χ2n) is 4.73. The number of nitrogens with one attached hydrogen (secondary N) is 1. The summed E-state index contributed by atoms with van der Waals surface area (Å²) in [6.45, 7) is 1.15. The molecule has 0 atom stereocenters. The van der Waals surface area contributed by atoms with Crippen LogP contribution in [0.4, 0.5) is 10.5 Å². The minimum Gasteiger partial charge on any atom is -0.409 e. The summed E-state index contributed by atoms with van der Waals surface area (Å²) >= 11 is 5.87. The van der Waals surface area contributed by atoms with Crippen LogP contribution in [0, 0.1) is 5.92 Å². The van der Waals surface area contributed by atoms with Gasteiger partial charge >= 0.3 is 6.03 Å². The molecule has 2 amide bonds. The molecule has 0 saturated carbocycles. The lowest BCUT2D eigenvalue weighted by Crippen LogP contribution is -2.43. The van der Waals surface area contributed by atoms with Crippen molar-refractivity contribution in [2.75, 3.05) is 18.4 Å². The molecule has 7 heteroatoms. The third-order valence-corrected chi connectivity index (χ3v) is 3.63. The standard InChI is InChI=1S/C13H17ClN4O2/c14-10-2-1-3-11(8-10)16-13(19)18-6-4-9(5-7-18)12(15)17-20/h1-3,8-9,20H,4-7H2,(H2,15,17)(H,16,19). The molecule has 1 saturated heterocycles. The van der Waals surface area contributed by atoms with Gasteiger partial charge in [-0.3, -0.25) is 0 Å². The van der Waals surface area contributed by atoms with Gasteiger partial charge < -0.3 is 21.2 Å². The summed E-state index contributed by atoms with van der Waals surface area (Å²) in [5.74, 6) is 0.273. The van der Waals surface area contributed by atoms with E-state index < -0.39 is 0 Å². The molecule has 1 aliphatic rings. The van der Waals surface area contributed by atoms with E-state index in [2.05, 4.69) is 10.5 Å². The minimum absolute atomic E-state index is 0.0372. The van der Waals surface area contributed by atoms with Crippen molar-refractivity contribution in [1.29, 1.82) is 0 Å². The number of nitrogens with two attached hydrogens (primary N) is 1. The zero-order chi connectivity index (χ0) is 14.5. The van der Waals surface area contributed by atoms with Crippen LogP contribution < -0.4 is 11.1 Å². The Bertz CT molecular complexity index is 513. The van der Waals surface area contributed by atoms with Crippen molar-refractivity contribution in [3.63, 3.8) is 0 Å². The van der Waals surface area contributed by atoms with Crippen LogP contribution in [0.15, 0.2) is 29.4 Å². The molecule has 4 N–H and O–H groups in total. The Morgan fingerprint density at radius 2 is 2.15 bits per heavy atom. The van der Waals surface area contributed by atoms with Crippen molar-refractivity contribution in [2.24, 2.45) is 16.8 Å². The number of hydrogen-bond acceptors (Lipinski definition) is 3. The molecule has 0 aliphatic carbocycles. The summed E-state index contributed by atoms with van der Waals surface area (Å²) in [7, 11) is 0. The molecule has 20 heavy (non-hydrogen) atoms. The predicted molar refractivity (Wildman–Crippen MR) is 78.2 cm³/mol. The zero-order valence-electron chi connectivity index (χ0n) is 10.9. The number of piperidine rings is 1. The van der Waals surface area contributed by atoms with Crippen LogP contribution in [0.1, 0.15) is 12.8 Å². The van der Waals surface area contributed by atoms with Gasteiger partial charge in [0.2, 0.25) is 0 Å². The molecule has 0 radical (unpaired) electrons. The number of amides is 2. The van der Waals surface area contributed by atoms with Gasteiger partial charge in [-0.15, -0.1) is 0 Å². The first-order valence-electron chi connectivity index (χ1n) is 6.39. The maximum atomic E-state index is 12.1. The molecule has 1 heterocycles. The van der Waals surface area contributed by atoms with Crippen LogP contribution in [-0.2, 0) is 0 Å². The summed E-state index contributed by atoms with van der Waals surface area (Å²) in [5.41, 5.74) is 6.24. The molecule has 0 aromatic heterocycles. The van der Waals surface area contributed by atoms with Crippen LogP contribution in [-0.4, -0.2) is 35.1 Å². The smallest absolute Gasteiger partial charge is 0.321 e.